The third-order valence-corrected chi connectivity index (χ3v) is 5.26. The Morgan fingerprint density at radius 3 is 2.18 bits per heavy atom. The summed E-state index contributed by atoms with van der Waals surface area (Å²) in [4.78, 5) is 2.66. The molecule has 1 aromatic carbocycles. The van der Waals surface area contributed by atoms with E-state index < -0.39 is 0 Å². The van der Waals surface area contributed by atoms with Crippen LogP contribution in [0, 0.1) is 0 Å². The third kappa shape index (κ3) is 3.51. The van der Waals surface area contributed by atoms with Gasteiger partial charge in [-0.05, 0) is 41.8 Å². The standard InChI is InChI=1S/C14H15ClS2/c1-14(2,3)12-8-9-13(17-12)16-11-6-4-10(15)5-7-11/h4-9H,1-3H3. The van der Waals surface area contributed by atoms with Crippen LogP contribution in [0.2, 0.25) is 5.02 Å². The smallest absolute Gasteiger partial charge is 0.0649 e. The van der Waals surface area contributed by atoms with Crippen molar-refractivity contribution in [2.45, 2.75) is 35.3 Å². The molecular formula is C14H15ClS2. The Bertz CT molecular complexity index is 492. The van der Waals surface area contributed by atoms with E-state index in [1.54, 1.807) is 11.8 Å². The Morgan fingerprint density at radius 2 is 1.65 bits per heavy atom. The predicted molar refractivity (Wildman–Crippen MR) is 78.6 cm³/mol. The highest BCUT2D eigenvalue weighted by atomic mass is 35.5. The molecule has 0 aliphatic rings. The average Bonchev–Trinajstić information content (AvgIpc) is 2.69. The second kappa shape index (κ2) is 5.05. The second-order valence-corrected chi connectivity index (χ2v) is 7.82. The molecule has 1 heterocycles. The molecule has 2 rings (SSSR count). The Labute approximate surface area is 116 Å². The van der Waals surface area contributed by atoms with Gasteiger partial charge in [-0.3, -0.25) is 0 Å². The molecule has 0 aliphatic heterocycles. The van der Waals surface area contributed by atoms with Gasteiger partial charge in [-0.1, -0.05) is 44.1 Å². The number of rotatable bonds is 2. The largest absolute Gasteiger partial charge is 0.133 e. The summed E-state index contributed by atoms with van der Waals surface area (Å²) in [5.41, 5.74) is 0.240. The van der Waals surface area contributed by atoms with E-state index >= 15 is 0 Å². The molecule has 2 aromatic rings. The Balaban J connectivity index is 2.14. The molecule has 0 spiro atoms. The molecule has 0 amide bonds. The van der Waals surface area contributed by atoms with Gasteiger partial charge < -0.3 is 0 Å². The molecule has 0 saturated carbocycles. The molecule has 0 aliphatic carbocycles. The summed E-state index contributed by atoms with van der Waals surface area (Å²) in [6, 6.07) is 12.4. The van der Waals surface area contributed by atoms with Crippen LogP contribution in [0.25, 0.3) is 0 Å². The number of hydrogen-bond donors (Lipinski definition) is 0. The van der Waals surface area contributed by atoms with Crippen molar-refractivity contribution in [1.82, 2.24) is 0 Å². The molecule has 0 N–H and O–H groups in total. The highest BCUT2D eigenvalue weighted by Crippen LogP contribution is 2.37. The van der Waals surface area contributed by atoms with Crippen LogP contribution in [0.1, 0.15) is 25.6 Å². The maximum Gasteiger partial charge on any atom is 0.0649 e. The van der Waals surface area contributed by atoms with Crippen LogP contribution in [0.15, 0.2) is 45.5 Å². The lowest BCUT2D eigenvalue weighted by atomic mass is 9.95. The van der Waals surface area contributed by atoms with Gasteiger partial charge in [0, 0.05) is 14.8 Å². The maximum atomic E-state index is 5.87. The topological polar surface area (TPSA) is 0 Å². The fourth-order valence-corrected chi connectivity index (χ4v) is 3.68. The Hall–Kier alpha value is -0.440. The highest BCUT2D eigenvalue weighted by molar-refractivity contribution is 8.01. The zero-order valence-electron chi connectivity index (χ0n) is 10.2. The zero-order chi connectivity index (χ0) is 12.5. The summed E-state index contributed by atoms with van der Waals surface area (Å²) in [5.74, 6) is 0. The van der Waals surface area contributed by atoms with Crippen molar-refractivity contribution in [3.8, 4) is 0 Å². The molecule has 3 heteroatoms. The van der Waals surface area contributed by atoms with Crippen molar-refractivity contribution >= 4 is 34.7 Å². The fourth-order valence-electron chi connectivity index (χ4n) is 1.40. The van der Waals surface area contributed by atoms with Gasteiger partial charge in [0.25, 0.3) is 0 Å². The first-order chi connectivity index (χ1) is 7.95. The molecular weight excluding hydrogens is 268 g/mol. The normalized spacial score (nSPS) is 11.8. The number of hydrogen-bond acceptors (Lipinski definition) is 2. The van der Waals surface area contributed by atoms with E-state index in [1.807, 2.05) is 23.5 Å². The zero-order valence-corrected chi connectivity index (χ0v) is 12.5. The molecule has 17 heavy (non-hydrogen) atoms. The minimum Gasteiger partial charge on any atom is -0.133 e. The summed E-state index contributed by atoms with van der Waals surface area (Å²) >= 11 is 9.53. The molecule has 0 unspecified atom stereocenters. The molecule has 0 nitrogen and oxygen atoms in total. The van der Waals surface area contributed by atoms with Gasteiger partial charge in [-0.2, -0.15) is 0 Å². The van der Waals surface area contributed by atoms with E-state index in [0.717, 1.165) is 5.02 Å². The minimum atomic E-state index is 0.240. The van der Waals surface area contributed by atoms with Gasteiger partial charge in [-0.15, -0.1) is 11.3 Å². The molecule has 0 bridgehead atoms. The predicted octanol–water partition coefficient (Wildman–Crippen LogP) is 5.85. The lowest BCUT2D eigenvalue weighted by molar-refractivity contribution is 0.604. The summed E-state index contributed by atoms with van der Waals surface area (Å²) in [6.45, 7) is 6.74. The Kier molecular flexibility index (Phi) is 3.86. The lowest BCUT2D eigenvalue weighted by Crippen LogP contribution is -2.07. The molecule has 0 saturated heterocycles. The van der Waals surface area contributed by atoms with E-state index in [2.05, 4.69) is 45.0 Å². The van der Waals surface area contributed by atoms with Crippen molar-refractivity contribution < 1.29 is 0 Å². The second-order valence-electron chi connectivity index (χ2n) is 4.92. The maximum absolute atomic E-state index is 5.87. The van der Waals surface area contributed by atoms with Crippen molar-refractivity contribution in [1.29, 1.82) is 0 Å². The molecule has 0 atom stereocenters. The summed E-state index contributed by atoms with van der Waals surface area (Å²) in [5, 5.41) is 0.788. The fraction of sp³-hybridized carbons (Fsp3) is 0.286. The van der Waals surface area contributed by atoms with Gasteiger partial charge in [0.2, 0.25) is 0 Å². The number of halogens is 1. The molecule has 90 valence electrons. The Morgan fingerprint density at radius 1 is 1.00 bits per heavy atom. The van der Waals surface area contributed by atoms with E-state index in [9.17, 15) is 0 Å². The number of benzene rings is 1. The van der Waals surface area contributed by atoms with Gasteiger partial charge in [0.1, 0.15) is 0 Å². The summed E-state index contributed by atoms with van der Waals surface area (Å²) in [7, 11) is 0. The highest BCUT2D eigenvalue weighted by Gasteiger charge is 2.16. The van der Waals surface area contributed by atoms with Crippen LogP contribution < -0.4 is 0 Å². The SMILES string of the molecule is CC(C)(C)c1ccc(Sc2ccc(Cl)cc2)s1. The summed E-state index contributed by atoms with van der Waals surface area (Å²) < 4.78 is 1.33. The van der Waals surface area contributed by atoms with Crippen molar-refractivity contribution in [3.05, 3.63) is 46.3 Å². The van der Waals surface area contributed by atoms with E-state index in [1.165, 1.54) is 14.0 Å². The van der Waals surface area contributed by atoms with Crippen molar-refractivity contribution in [2.75, 3.05) is 0 Å². The molecule has 0 radical (unpaired) electrons. The first-order valence-corrected chi connectivity index (χ1v) is 7.50. The van der Waals surface area contributed by atoms with Crippen LogP contribution in [0.3, 0.4) is 0 Å². The minimum absolute atomic E-state index is 0.240. The van der Waals surface area contributed by atoms with Crippen LogP contribution in [0.4, 0.5) is 0 Å². The monoisotopic (exact) mass is 282 g/mol. The lowest BCUT2D eigenvalue weighted by Gasteiger charge is -2.15. The molecule has 0 fully saturated rings. The van der Waals surface area contributed by atoms with Gasteiger partial charge >= 0.3 is 0 Å². The van der Waals surface area contributed by atoms with Gasteiger partial charge in [-0.25, -0.2) is 0 Å². The number of thiophene rings is 1. The average molecular weight is 283 g/mol. The van der Waals surface area contributed by atoms with Crippen LogP contribution in [-0.2, 0) is 5.41 Å². The van der Waals surface area contributed by atoms with Crippen molar-refractivity contribution in [2.24, 2.45) is 0 Å². The first kappa shape index (κ1) is 13.0. The van der Waals surface area contributed by atoms with Gasteiger partial charge in [0.05, 0.1) is 4.21 Å². The van der Waals surface area contributed by atoms with E-state index in [4.69, 9.17) is 11.6 Å². The van der Waals surface area contributed by atoms with E-state index in [-0.39, 0.29) is 5.41 Å². The van der Waals surface area contributed by atoms with Gasteiger partial charge in [0.15, 0.2) is 0 Å². The van der Waals surface area contributed by atoms with Crippen molar-refractivity contribution in [3.63, 3.8) is 0 Å². The van der Waals surface area contributed by atoms with Crippen LogP contribution >= 0.6 is 34.7 Å². The third-order valence-electron chi connectivity index (χ3n) is 2.35. The van der Waals surface area contributed by atoms with E-state index in [0.29, 0.717) is 0 Å². The summed E-state index contributed by atoms with van der Waals surface area (Å²) in [6.07, 6.45) is 0. The molecule has 1 aromatic heterocycles. The van der Waals surface area contributed by atoms with Crippen LogP contribution in [0.5, 0.6) is 0 Å². The van der Waals surface area contributed by atoms with Crippen LogP contribution in [-0.4, -0.2) is 0 Å². The quantitative estimate of drug-likeness (QED) is 0.666. The first-order valence-electron chi connectivity index (χ1n) is 5.49.